The maximum Gasteiger partial charge on any atom is 0.216 e. The molecule has 0 saturated heterocycles. The number of benzene rings is 2. The summed E-state index contributed by atoms with van der Waals surface area (Å²) >= 11 is 0. The van der Waals surface area contributed by atoms with Gasteiger partial charge in [-0.3, -0.25) is 0 Å². The molecule has 6 heteroatoms. The van der Waals surface area contributed by atoms with E-state index >= 15 is 0 Å². The van der Waals surface area contributed by atoms with E-state index in [9.17, 15) is 12.8 Å². The molecule has 0 unspecified atom stereocenters. The molecule has 0 amide bonds. The minimum absolute atomic E-state index is 0.158. The lowest BCUT2D eigenvalue weighted by Gasteiger charge is -2.19. The summed E-state index contributed by atoms with van der Waals surface area (Å²) in [4.78, 5) is 0. The smallest absolute Gasteiger partial charge is 0.216 e. The van der Waals surface area contributed by atoms with Crippen molar-refractivity contribution in [1.82, 2.24) is 4.72 Å². The normalized spacial score (nSPS) is 12.8. The number of hydrogen-bond acceptors (Lipinski definition) is 3. The lowest BCUT2D eigenvalue weighted by Crippen LogP contribution is -2.29. The van der Waals surface area contributed by atoms with Gasteiger partial charge in [-0.05, 0) is 36.6 Å². The molecule has 0 aliphatic carbocycles. The average Bonchev–Trinajstić information content (AvgIpc) is 2.54. The maximum atomic E-state index is 13.7. The van der Waals surface area contributed by atoms with E-state index in [1.54, 1.807) is 13.2 Å². The zero-order valence-corrected chi connectivity index (χ0v) is 14.9. The van der Waals surface area contributed by atoms with Gasteiger partial charge in [0.2, 0.25) is 10.0 Å². The molecule has 24 heavy (non-hydrogen) atoms. The monoisotopic (exact) mass is 351 g/mol. The van der Waals surface area contributed by atoms with Crippen LogP contribution in [0.5, 0.6) is 5.75 Å². The van der Waals surface area contributed by atoms with Gasteiger partial charge in [-0.15, -0.1) is 0 Å². The van der Waals surface area contributed by atoms with Crippen LogP contribution in [0.15, 0.2) is 42.5 Å². The van der Waals surface area contributed by atoms with Crippen molar-refractivity contribution in [3.05, 3.63) is 65.0 Å². The Kier molecular flexibility index (Phi) is 5.96. The van der Waals surface area contributed by atoms with Crippen LogP contribution in [-0.2, 0) is 15.8 Å². The average molecular weight is 351 g/mol. The first-order valence-corrected chi connectivity index (χ1v) is 9.39. The fourth-order valence-electron chi connectivity index (χ4n) is 2.58. The fourth-order valence-corrected chi connectivity index (χ4v) is 4.05. The molecule has 0 saturated carbocycles. The number of halogens is 1. The number of aryl methyl sites for hydroxylation is 1. The van der Waals surface area contributed by atoms with E-state index < -0.39 is 15.8 Å². The molecule has 0 heterocycles. The molecule has 1 N–H and O–H groups in total. The van der Waals surface area contributed by atoms with Crippen molar-refractivity contribution in [2.75, 3.05) is 7.11 Å². The molecular weight excluding hydrogens is 329 g/mol. The Hall–Kier alpha value is -1.92. The van der Waals surface area contributed by atoms with Crippen LogP contribution >= 0.6 is 0 Å². The first-order chi connectivity index (χ1) is 11.4. The van der Waals surface area contributed by atoms with Crippen LogP contribution in [0.3, 0.4) is 0 Å². The highest BCUT2D eigenvalue weighted by molar-refractivity contribution is 7.88. The first-order valence-electron chi connectivity index (χ1n) is 7.74. The summed E-state index contributed by atoms with van der Waals surface area (Å²) in [7, 11) is -2.07. The van der Waals surface area contributed by atoms with Gasteiger partial charge in [0, 0.05) is 11.6 Å². The maximum absolute atomic E-state index is 13.7. The number of methoxy groups -OCH3 is 1. The zero-order chi connectivity index (χ0) is 17.7. The molecule has 0 aliphatic rings. The van der Waals surface area contributed by atoms with Gasteiger partial charge in [0.1, 0.15) is 11.6 Å². The summed E-state index contributed by atoms with van der Waals surface area (Å²) in [5.41, 5.74) is 1.94. The Morgan fingerprint density at radius 2 is 1.92 bits per heavy atom. The highest BCUT2D eigenvalue weighted by Crippen LogP contribution is 2.25. The Labute approximate surface area is 142 Å². The van der Waals surface area contributed by atoms with Gasteiger partial charge in [0.15, 0.2) is 0 Å². The summed E-state index contributed by atoms with van der Waals surface area (Å²) in [6, 6.07) is 11.1. The van der Waals surface area contributed by atoms with Crippen LogP contribution in [0.2, 0.25) is 0 Å². The quantitative estimate of drug-likeness (QED) is 0.827. The van der Waals surface area contributed by atoms with Crippen molar-refractivity contribution >= 4 is 10.0 Å². The van der Waals surface area contributed by atoms with Gasteiger partial charge in [-0.25, -0.2) is 17.5 Å². The number of nitrogens with one attached hydrogen (secondary N) is 1. The molecule has 2 rings (SSSR count). The topological polar surface area (TPSA) is 55.4 Å². The van der Waals surface area contributed by atoms with E-state index in [0.29, 0.717) is 6.42 Å². The number of rotatable bonds is 7. The van der Waals surface area contributed by atoms with Crippen LogP contribution in [-0.4, -0.2) is 15.5 Å². The molecule has 130 valence electrons. The van der Waals surface area contributed by atoms with E-state index in [2.05, 4.69) is 4.72 Å². The van der Waals surface area contributed by atoms with Crippen molar-refractivity contribution < 1.29 is 17.5 Å². The second kappa shape index (κ2) is 7.77. The molecule has 0 spiro atoms. The van der Waals surface area contributed by atoms with Crippen molar-refractivity contribution in [3.63, 3.8) is 0 Å². The minimum Gasteiger partial charge on any atom is -0.496 e. The third kappa shape index (κ3) is 4.55. The van der Waals surface area contributed by atoms with Crippen LogP contribution in [0, 0.1) is 12.7 Å². The third-order valence-corrected chi connectivity index (χ3v) is 5.19. The van der Waals surface area contributed by atoms with Gasteiger partial charge in [0.05, 0.1) is 12.9 Å². The van der Waals surface area contributed by atoms with Crippen molar-refractivity contribution in [2.45, 2.75) is 32.1 Å². The zero-order valence-electron chi connectivity index (χ0n) is 14.0. The molecule has 0 bridgehead atoms. The van der Waals surface area contributed by atoms with Crippen LogP contribution in [0.4, 0.5) is 4.39 Å². The number of hydrogen-bond donors (Lipinski definition) is 1. The summed E-state index contributed by atoms with van der Waals surface area (Å²) in [5, 5.41) is 0. The molecule has 2 aromatic carbocycles. The molecule has 4 nitrogen and oxygen atoms in total. The Morgan fingerprint density at radius 1 is 1.21 bits per heavy atom. The van der Waals surface area contributed by atoms with Crippen LogP contribution in [0.25, 0.3) is 0 Å². The van der Waals surface area contributed by atoms with Gasteiger partial charge in [0.25, 0.3) is 0 Å². The third-order valence-electron chi connectivity index (χ3n) is 3.85. The summed E-state index contributed by atoms with van der Waals surface area (Å²) in [5.74, 6) is -0.148. The van der Waals surface area contributed by atoms with Gasteiger partial charge >= 0.3 is 0 Å². The summed E-state index contributed by atoms with van der Waals surface area (Å²) < 4.78 is 46.4. The Bertz CT molecular complexity index is 806. The number of sulfonamides is 1. The SMILES string of the molecule is CC[C@H](NS(=O)(=O)Cc1ccccc1F)c1ccc(OC)c(C)c1. The van der Waals surface area contributed by atoms with E-state index in [-0.39, 0.29) is 17.4 Å². The fraction of sp³-hybridized carbons (Fsp3) is 0.333. The standard InChI is InChI=1S/C18H22FNO3S/c1-4-17(14-9-10-18(23-3)13(2)11-14)20-24(21,22)12-15-7-5-6-8-16(15)19/h5-11,17,20H,4,12H2,1-3H3/t17-/m0/s1. The predicted molar refractivity (Wildman–Crippen MR) is 92.9 cm³/mol. The molecule has 0 fully saturated rings. The lowest BCUT2D eigenvalue weighted by atomic mass is 10.0. The predicted octanol–water partition coefficient (Wildman–Crippen LogP) is 3.71. The minimum atomic E-state index is -3.67. The van der Waals surface area contributed by atoms with Crippen molar-refractivity contribution in [2.24, 2.45) is 0 Å². The highest BCUT2D eigenvalue weighted by atomic mass is 32.2. The van der Waals surface area contributed by atoms with Gasteiger partial charge < -0.3 is 4.74 Å². The van der Waals surface area contributed by atoms with E-state index in [4.69, 9.17) is 4.74 Å². The second-order valence-corrected chi connectivity index (χ2v) is 7.41. The van der Waals surface area contributed by atoms with Gasteiger partial charge in [-0.1, -0.05) is 37.3 Å². The van der Waals surface area contributed by atoms with Crippen molar-refractivity contribution in [1.29, 1.82) is 0 Å². The van der Waals surface area contributed by atoms with E-state index in [1.807, 2.05) is 32.0 Å². The van der Waals surface area contributed by atoms with E-state index in [1.165, 1.54) is 18.2 Å². The molecule has 0 aliphatic heterocycles. The lowest BCUT2D eigenvalue weighted by molar-refractivity contribution is 0.411. The largest absolute Gasteiger partial charge is 0.496 e. The Balaban J connectivity index is 2.20. The Morgan fingerprint density at radius 3 is 2.50 bits per heavy atom. The number of ether oxygens (including phenoxy) is 1. The second-order valence-electron chi connectivity index (χ2n) is 5.66. The van der Waals surface area contributed by atoms with Gasteiger partial charge in [-0.2, -0.15) is 0 Å². The summed E-state index contributed by atoms with van der Waals surface area (Å²) in [6.07, 6.45) is 0.586. The molecule has 0 radical (unpaired) electrons. The molecule has 0 aromatic heterocycles. The van der Waals surface area contributed by atoms with Crippen molar-refractivity contribution in [3.8, 4) is 5.75 Å². The highest BCUT2D eigenvalue weighted by Gasteiger charge is 2.20. The van der Waals surface area contributed by atoms with Crippen LogP contribution in [0.1, 0.15) is 36.1 Å². The molecule has 1 atom stereocenters. The first kappa shape index (κ1) is 18.4. The summed E-state index contributed by atoms with van der Waals surface area (Å²) in [6.45, 7) is 3.80. The van der Waals surface area contributed by atoms with E-state index in [0.717, 1.165) is 16.9 Å². The molecular formula is C18H22FNO3S. The molecule has 2 aromatic rings. The van der Waals surface area contributed by atoms with Crippen LogP contribution < -0.4 is 9.46 Å².